The van der Waals surface area contributed by atoms with Gasteiger partial charge in [-0.3, -0.25) is 9.00 Å². The molecule has 5 nitrogen and oxygen atoms in total. The minimum absolute atomic E-state index is 0.174. The maximum absolute atomic E-state index is 10.7. The molecule has 0 saturated heterocycles. The van der Waals surface area contributed by atoms with Crippen LogP contribution in [0.2, 0.25) is 0 Å². The minimum atomic E-state index is -2.27. The van der Waals surface area contributed by atoms with Gasteiger partial charge in [0.25, 0.3) is 0 Å². The van der Waals surface area contributed by atoms with E-state index < -0.39 is 23.0 Å². The maximum Gasteiger partial charge on any atom is 0.308 e. The Kier molecular flexibility index (Phi) is 4.45. The summed E-state index contributed by atoms with van der Waals surface area (Å²) in [6.45, 7) is 1.83. The van der Waals surface area contributed by atoms with Gasteiger partial charge < -0.3 is 15.0 Å². The first-order valence-electron chi connectivity index (χ1n) is 4.66. The quantitative estimate of drug-likeness (QED) is 0.753. The van der Waals surface area contributed by atoms with Gasteiger partial charge in [-0.1, -0.05) is 13.0 Å². The molecule has 6 heteroatoms. The summed E-state index contributed by atoms with van der Waals surface area (Å²) in [5.74, 6) is -1.42. The zero-order valence-corrected chi connectivity index (χ0v) is 9.49. The summed E-state index contributed by atoms with van der Waals surface area (Å²) < 4.78 is 21.4. The van der Waals surface area contributed by atoms with Gasteiger partial charge in [0.15, 0.2) is 0 Å². The van der Waals surface area contributed by atoms with Gasteiger partial charge in [0.05, 0.1) is 5.92 Å². The number of anilines is 1. The van der Waals surface area contributed by atoms with Crippen molar-refractivity contribution in [2.24, 2.45) is 5.92 Å². The van der Waals surface area contributed by atoms with Crippen LogP contribution in [-0.4, -0.2) is 26.4 Å². The molecule has 0 aliphatic carbocycles. The number of hydrogen-bond acceptors (Lipinski definition) is 4. The van der Waals surface area contributed by atoms with Gasteiger partial charge in [-0.25, -0.2) is 0 Å². The summed E-state index contributed by atoms with van der Waals surface area (Å²) in [6, 6.07) is 6.20. The number of aliphatic carboxylic acids is 1. The van der Waals surface area contributed by atoms with E-state index in [1.165, 1.54) is 12.1 Å². The number of carbonyl (C=O) groups is 1. The first-order chi connectivity index (χ1) is 7.50. The lowest BCUT2D eigenvalue weighted by Crippen LogP contribution is -2.19. The lowest BCUT2D eigenvalue weighted by molar-refractivity contribution is -0.140. The van der Waals surface area contributed by atoms with Crippen LogP contribution in [0, 0.1) is 5.92 Å². The molecule has 0 saturated carbocycles. The number of hydrogen-bond donors (Lipinski definition) is 2. The van der Waals surface area contributed by atoms with Crippen LogP contribution in [0.15, 0.2) is 29.2 Å². The number of benzene rings is 1. The van der Waals surface area contributed by atoms with Gasteiger partial charge in [0.1, 0.15) is 0 Å². The van der Waals surface area contributed by atoms with Gasteiger partial charge in [-0.15, -0.1) is 0 Å². The van der Waals surface area contributed by atoms with Crippen molar-refractivity contribution in [3.8, 4) is 0 Å². The highest BCUT2D eigenvalue weighted by atomic mass is 32.2. The fraction of sp³-hybridized carbons (Fsp3) is 0.300. The van der Waals surface area contributed by atoms with E-state index in [1.54, 1.807) is 19.1 Å². The predicted molar refractivity (Wildman–Crippen MR) is 58.9 cm³/mol. The molecular weight excluding hydrogens is 230 g/mol. The summed E-state index contributed by atoms with van der Waals surface area (Å²) in [5, 5.41) is 11.5. The maximum atomic E-state index is 10.7. The van der Waals surface area contributed by atoms with Crippen LogP contribution in [0.1, 0.15) is 6.92 Å². The first-order valence-corrected chi connectivity index (χ1v) is 5.74. The fourth-order valence-electron chi connectivity index (χ4n) is 1.07. The van der Waals surface area contributed by atoms with Crippen molar-refractivity contribution in [2.45, 2.75) is 11.8 Å². The SMILES string of the molecule is CC(CNc1cccc(S(=O)[O-])c1)C(=O)O. The van der Waals surface area contributed by atoms with E-state index in [1.807, 2.05) is 0 Å². The molecule has 2 unspecified atom stereocenters. The van der Waals surface area contributed by atoms with E-state index >= 15 is 0 Å². The van der Waals surface area contributed by atoms with Crippen LogP contribution in [0.25, 0.3) is 0 Å². The summed E-state index contributed by atoms with van der Waals surface area (Å²) in [6.07, 6.45) is 0. The average molecular weight is 242 g/mol. The Morgan fingerprint density at radius 1 is 1.62 bits per heavy atom. The Morgan fingerprint density at radius 3 is 2.88 bits per heavy atom. The van der Waals surface area contributed by atoms with Crippen LogP contribution in [0.3, 0.4) is 0 Å². The average Bonchev–Trinajstić information content (AvgIpc) is 2.26. The molecular formula is C10H12NO4S-. The number of rotatable bonds is 5. The van der Waals surface area contributed by atoms with Gasteiger partial charge >= 0.3 is 5.97 Å². The third-order valence-corrected chi connectivity index (χ3v) is 2.70. The summed E-state index contributed by atoms with van der Waals surface area (Å²) in [5.41, 5.74) is 0.592. The van der Waals surface area contributed by atoms with Crippen molar-refractivity contribution in [1.82, 2.24) is 0 Å². The highest BCUT2D eigenvalue weighted by Crippen LogP contribution is 2.13. The van der Waals surface area contributed by atoms with Gasteiger partial charge in [-0.2, -0.15) is 0 Å². The summed E-state index contributed by atoms with van der Waals surface area (Å²) >= 11 is -2.27. The van der Waals surface area contributed by atoms with Crippen molar-refractivity contribution < 1.29 is 18.7 Å². The molecule has 0 bridgehead atoms. The monoisotopic (exact) mass is 242 g/mol. The Bertz CT molecular complexity index is 408. The second-order valence-corrected chi connectivity index (χ2v) is 4.32. The molecule has 0 aliphatic heterocycles. The van der Waals surface area contributed by atoms with Crippen LogP contribution in [-0.2, 0) is 15.9 Å². The molecule has 88 valence electrons. The number of nitrogens with one attached hydrogen (secondary N) is 1. The highest BCUT2D eigenvalue weighted by molar-refractivity contribution is 7.79. The molecule has 0 fully saturated rings. The number of carboxylic acid groups (broad SMARTS) is 1. The molecule has 1 aromatic carbocycles. The molecule has 1 aromatic rings. The van der Waals surface area contributed by atoms with E-state index in [9.17, 15) is 13.6 Å². The Morgan fingerprint density at radius 2 is 2.31 bits per heavy atom. The summed E-state index contributed by atoms with van der Waals surface area (Å²) in [7, 11) is 0. The Labute approximate surface area is 95.8 Å². The normalized spacial score (nSPS) is 14.1. The van der Waals surface area contributed by atoms with Gasteiger partial charge in [-0.05, 0) is 29.3 Å². The zero-order valence-electron chi connectivity index (χ0n) is 8.67. The Hall–Kier alpha value is -1.40. The van der Waals surface area contributed by atoms with Crippen molar-refractivity contribution >= 4 is 22.7 Å². The van der Waals surface area contributed by atoms with Crippen LogP contribution in [0.5, 0.6) is 0 Å². The fourth-order valence-corrected chi connectivity index (χ4v) is 1.48. The summed E-state index contributed by atoms with van der Waals surface area (Å²) in [4.78, 5) is 10.7. The van der Waals surface area contributed by atoms with Crippen molar-refractivity contribution in [3.05, 3.63) is 24.3 Å². The molecule has 0 aliphatic rings. The number of carboxylic acids is 1. The lowest BCUT2D eigenvalue weighted by atomic mass is 10.2. The molecule has 16 heavy (non-hydrogen) atoms. The van der Waals surface area contributed by atoms with Crippen molar-refractivity contribution in [3.63, 3.8) is 0 Å². The van der Waals surface area contributed by atoms with E-state index in [2.05, 4.69) is 5.32 Å². The molecule has 0 heterocycles. The van der Waals surface area contributed by atoms with Gasteiger partial charge in [0, 0.05) is 17.1 Å². The third kappa shape index (κ3) is 3.63. The molecule has 2 atom stereocenters. The molecule has 0 radical (unpaired) electrons. The van der Waals surface area contributed by atoms with Crippen LogP contribution >= 0.6 is 0 Å². The Balaban J connectivity index is 2.64. The second-order valence-electron chi connectivity index (χ2n) is 3.38. The molecule has 0 amide bonds. The standard InChI is InChI=1S/C10H13NO4S/c1-7(10(12)13)6-11-8-3-2-4-9(5-8)16(14)15/h2-5,7,11H,6H2,1H3,(H,12,13)(H,14,15)/p-1. The van der Waals surface area contributed by atoms with E-state index in [-0.39, 0.29) is 11.4 Å². The van der Waals surface area contributed by atoms with Crippen molar-refractivity contribution in [1.29, 1.82) is 0 Å². The molecule has 2 N–H and O–H groups in total. The van der Waals surface area contributed by atoms with Crippen LogP contribution < -0.4 is 5.32 Å². The van der Waals surface area contributed by atoms with Gasteiger partial charge in [0.2, 0.25) is 0 Å². The topological polar surface area (TPSA) is 89.5 Å². The van der Waals surface area contributed by atoms with E-state index in [0.717, 1.165) is 0 Å². The molecule has 0 spiro atoms. The molecule has 1 rings (SSSR count). The lowest BCUT2D eigenvalue weighted by Gasteiger charge is -2.11. The zero-order chi connectivity index (χ0) is 12.1. The molecule has 0 aromatic heterocycles. The van der Waals surface area contributed by atoms with E-state index in [4.69, 9.17) is 5.11 Å². The van der Waals surface area contributed by atoms with Crippen molar-refractivity contribution in [2.75, 3.05) is 11.9 Å². The first kappa shape index (κ1) is 12.7. The highest BCUT2D eigenvalue weighted by Gasteiger charge is 2.09. The smallest absolute Gasteiger partial charge is 0.308 e. The van der Waals surface area contributed by atoms with Crippen LogP contribution in [0.4, 0.5) is 5.69 Å². The predicted octanol–water partition coefficient (Wildman–Crippen LogP) is 1.06. The van der Waals surface area contributed by atoms with E-state index in [0.29, 0.717) is 5.69 Å². The largest absolute Gasteiger partial charge is 0.768 e. The second kappa shape index (κ2) is 5.62. The minimum Gasteiger partial charge on any atom is -0.768 e. The third-order valence-electron chi connectivity index (χ3n) is 2.06.